The number of benzene rings is 1. The minimum absolute atomic E-state index is 0.0749. The molecule has 0 heterocycles. The van der Waals surface area contributed by atoms with Crippen LogP contribution in [0.5, 0.6) is 0 Å². The van der Waals surface area contributed by atoms with Crippen molar-refractivity contribution in [2.75, 3.05) is 13.7 Å². The van der Waals surface area contributed by atoms with Crippen LogP contribution < -0.4 is 10.6 Å². The van der Waals surface area contributed by atoms with Crippen LogP contribution in [-0.2, 0) is 20.5 Å². The lowest BCUT2D eigenvalue weighted by Crippen LogP contribution is -2.54. The number of carbonyl (C=O) groups excluding carboxylic acids is 1. The summed E-state index contributed by atoms with van der Waals surface area (Å²) < 4.78 is 4.88. The molecular formula is C27H46N2O3. The molecule has 1 aliphatic carbocycles. The van der Waals surface area contributed by atoms with Crippen molar-refractivity contribution in [3.8, 4) is 0 Å². The number of aliphatic hydroxyl groups is 1. The predicted molar refractivity (Wildman–Crippen MR) is 132 cm³/mol. The Bertz CT molecular complexity index is 722. The molecule has 1 aromatic rings. The van der Waals surface area contributed by atoms with Gasteiger partial charge >= 0.3 is 5.97 Å². The number of methoxy groups -OCH3 is 1. The van der Waals surface area contributed by atoms with Crippen molar-refractivity contribution in [2.24, 2.45) is 5.92 Å². The van der Waals surface area contributed by atoms with Crippen molar-refractivity contribution in [1.29, 1.82) is 0 Å². The van der Waals surface area contributed by atoms with Gasteiger partial charge in [0.25, 0.3) is 0 Å². The van der Waals surface area contributed by atoms with E-state index in [1.165, 1.54) is 37.5 Å². The third kappa shape index (κ3) is 6.79. The Morgan fingerprint density at radius 2 is 1.84 bits per heavy atom. The van der Waals surface area contributed by atoms with Crippen LogP contribution in [0.15, 0.2) is 24.3 Å². The fraction of sp³-hybridized carbons (Fsp3) is 0.741. The molecule has 2 rings (SSSR count). The Labute approximate surface area is 195 Å². The first kappa shape index (κ1) is 26.8. The number of hydrogen-bond donors (Lipinski definition) is 3. The van der Waals surface area contributed by atoms with E-state index in [1.54, 1.807) is 0 Å². The van der Waals surface area contributed by atoms with E-state index in [0.29, 0.717) is 6.54 Å². The molecule has 1 fully saturated rings. The van der Waals surface area contributed by atoms with E-state index in [2.05, 4.69) is 62.6 Å². The van der Waals surface area contributed by atoms with E-state index in [0.717, 1.165) is 19.3 Å². The highest BCUT2D eigenvalue weighted by molar-refractivity contribution is 5.72. The van der Waals surface area contributed by atoms with Gasteiger partial charge in [0.2, 0.25) is 0 Å². The summed E-state index contributed by atoms with van der Waals surface area (Å²) in [5.41, 5.74) is 2.70. The SMILES string of the molecule is CC[C@H](NC(C)C(C)C(=O)OC)[C@H](O)CNC1(c2cccc(C(C)(C)C)c2)CCCCC1. The highest BCUT2D eigenvalue weighted by Crippen LogP contribution is 2.38. The minimum Gasteiger partial charge on any atom is -0.469 e. The van der Waals surface area contributed by atoms with Gasteiger partial charge in [-0.2, -0.15) is 0 Å². The van der Waals surface area contributed by atoms with Gasteiger partial charge in [-0.15, -0.1) is 0 Å². The molecule has 5 heteroatoms. The molecule has 0 aromatic heterocycles. The first-order chi connectivity index (χ1) is 15.0. The second kappa shape index (κ2) is 11.6. The monoisotopic (exact) mass is 446 g/mol. The molecule has 0 amide bonds. The highest BCUT2D eigenvalue weighted by atomic mass is 16.5. The first-order valence-electron chi connectivity index (χ1n) is 12.4. The summed E-state index contributed by atoms with van der Waals surface area (Å²) in [6.45, 7) is 13.2. The van der Waals surface area contributed by atoms with Crippen molar-refractivity contribution in [2.45, 2.75) is 109 Å². The molecule has 32 heavy (non-hydrogen) atoms. The first-order valence-corrected chi connectivity index (χ1v) is 12.4. The van der Waals surface area contributed by atoms with Crippen molar-refractivity contribution in [1.82, 2.24) is 10.6 Å². The Morgan fingerprint density at radius 1 is 1.19 bits per heavy atom. The molecule has 0 aliphatic heterocycles. The third-order valence-electron chi connectivity index (χ3n) is 7.34. The van der Waals surface area contributed by atoms with Crippen LogP contribution in [0.1, 0.15) is 91.2 Å². The van der Waals surface area contributed by atoms with Crippen molar-refractivity contribution < 1.29 is 14.6 Å². The molecule has 4 atom stereocenters. The van der Waals surface area contributed by atoms with E-state index in [9.17, 15) is 9.90 Å². The topological polar surface area (TPSA) is 70.6 Å². The largest absolute Gasteiger partial charge is 0.469 e. The highest BCUT2D eigenvalue weighted by Gasteiger charge is 2.35. The van der Waals surface area contributed by atoms with Crippen LogP contribution in [0, 0.1) is 5.92 Å². The lowest BCUT2D eigenvalue weighted by Gasteiger charge is -2.41. The van der Waals surface area contributed by atoms with Crippen molar-refractivity contribution in [3.63, 3.8) is 0 Å². The maximum Gasteiger partial charge on any atom is 0.309 e. The predicted octanol–water partition coefficient (Wildman–Crippen LogP) is 4.66. The number of hydrogen-bond acceptors (Lipinski definition) is 5. The number of aliphatic hydroxyl groups excluding tert-OH is 1. The van der Waals surface area contributed by atoms with Crippen LogP contribution >= 0.6 is 0 Å². The average Bonchev–Trinajstić information content (AvgIpc) is 2.79. The zero-order chi connectivity index (χ0) is 23.9. The molecule has 5 nitrogen and oxygen atoms in total. The number of carbonyl (C=O) groups is 1. The molecule has 182 valence electrons. The smallest absolute Gasteiger partial charge is 0.309 e. The lowest BCUT2D eigenvalue weighted by atomic mass is 9.74. The molecule has 1 aromatic carbocycles. The summed E-state index contributed by atoms with van der Waals surface area (Å²) in [5.74, 6) is -0.494. The van der Waals surface area contributed by atoms with Gasteiger partial charge < -0.3 is 20.5 Å². The van der Waals surface area contributed by atoms with Crippen molar-refractivity contribution in [3.05, 3.63) is 35.4 Å². The molecule has 0 saturated heterocycles. The molecule has 3 N–H and O–H groups in total. The summed E-state index contributed by atoms with van der Waals surface area (Å²) in [5, 5.41) is 18.3. The average molecular weight is 447 g/mol. The van der Waals surface area contributed by atoms with Crippen LogP contribution in [0.2, 0.25) is 0 Å². The fourth-order valence-electron chi connectivity index (χ4n) is 4.82. The van der Waals surface area contributed by atoms with Crippen LogP contribution in [-0.4, -0.2) is 42.9 Å². The fourth-order valence-corrected chi connectivity index (χ4v) is 4.82. The number of rotatable bonds is 10. The van der Waals surface area contributed by atoms with Gasteiger partial charge in [-0.3, -0.25) is 4.79 Å². The lowest BCUT2D eigenvalue weighted by molar-refractivity contribution is -0.145. The standard InChI is InChI=1S/C27H46N2O3/c1-8-23(29-20(3)19(2)25(31)32-7)24(30)18-28-27(15-10-9-11-16-27)22-14-12-13-21(17-22)26(4,5)6/h12-14,17,19-20,23-24,28-30H,8-11,15-16,18H2,1-7H3/t19?,20?,23-,24+/m0/s1. The van der Waals surface area contributed by atoms with Gasteiger partial charge in [-0.1, -0.05) is 78.1 Å². The van der Waals surface area contributed by atoms with Gasteiger partial charge in [0.1, 0.15) is 0 Å². The summed E-state index contributed by atoms with van der Waals surface area (Å²) in [7, 11) is 1.42. The number of esters is 1. The number of nitrogens with one attached hydrogen (secondary N) is 2. The van der Waals surface area contributed by atoms with Gasteiger partial charge in [0.15, 0.2) is 0 Å². The van der Waals surface area contributed by atoms with Crippen LogP contribution in [0.25, 0.3) is 0 Å². The normalized spacial score (nSPS) is 20.2. The number of ether oxygens (including phenoxy) is 1. The summed E-state index contributed by atoms with van der Waals surface area (Å²) in [6, 6.07) is 8.84. The van der Waals surface area contributed by atoms with Gasteiger partial charge in [-0.05, 0) is 42.7 Å². The maximum absolute atomic E-state index is 11.9. The molecular weight excluding hydrogens is 400 g/mol. The van der Waals surface area contributed by atoms with Gasteiger partial charge in [-0.25, -0.2) is 0 Å². The van der Waals surface area contributed by atoms with Crippen LogP contribution in [0.3, 0.4) is 0 Å². The summed E-state index contributed by atoms with van der Waals surface area (Å²) >= 11 is 0. The van der Waals surface area contributed by atoms with E-state index >= 15 is 0 Å². The van der Waals surface area contributed by atoms with E-state index in [1.807, 2.05) is 13.8 Å². The summed E-state index contributed by atoms with van der Waals surface area (Å²) in [6.07, 6.45) is 6.09. The van der Waals surface area contributed by atoms with E-state index in [4.69, 9.17) is 4.74 Å². The molecule has 0 spiro atoms. The Balaban J connectivity index is 2.13. The van der Waals surface area contributed by atoms with E-state index < -0.39 is 6.10 Å². The minimum atomic E-state index is -0.545. The van der Waals surface area contributed by atoms with Gasteiger partial charge in [0, 0.05) is 24.2 Å². The zero-order valence-corrected chi connectivity index (χ0v) is 21.3. The maximum atomic E-state index is 11.9. The van der Waals surface area contributed by atoms with Crippen molar-refractivity contribution >= 4 is 5.97 Å². The second-order valence-electron chi connectivity index (χ2n) is 10.7. The Morgan fingerprint density at radius 3 is 2.41 bits per heavy atom. The third-order valence-corrected chi connectivity index (χ3v) is 7.34. The quantitative estimate of drug-likeness (QED) is 0.456. The summed E-state index contributed by atoms with van der Waals surface area (Å²) in [4.78, 5) is 11.9. The van der Waals surface area contributed by atoms with Crippen LogP contribution in [0.4, 0.5) is 0 Å². The molecule has 1 aliphatic rings. The Kier molecular flexibility index (Phi) is 9.74. The molecule has 0 bridgehead atoms. The second-order valence-corrected chi connectivity index (χ2v) is 10.7. The molecule has 0 radical (unpaired) electrons. The van der Waals surface area contributed by atoms with E-state index in [-0.39, 0.29) is 34.9 Å². The molecule has 1 saturated carbocycles. The molecule has 2 unspecified atom stereocenters. The Hall–Kier alpha value is -1.43. The van der Waals surface area contributed by atoms with Gasteiger partial charge in [0.05, 0.1) is 19.1 Å². The zero-order valence-electron chi connectivity index (χ0n) is 21.3.